The lowest BCUT2D eigenvalue weighted by Gasteiger charge is -2.32. The molecule has 6 heteroatoms. The number of benzene rings is 1. The molecule has 1 heterocycles. The highest BCUT2D eigenvalue weighted by Gasteiger charge is 2.93. The van der Waals surface area contributed by atoms with Gasteiger partial charge in [-0.2, -0.15) is 10.5 Å². The van der Waals surface area contributed by atoms with Crippen LogP contribution in [0.3, 0.4) is 0 Å². The van der Waals surface area contributed by atoms with Gasteiger partial charge in [0.05, 0.1) is 25.4 Å². The van der Waals surface area contributed by atoms with E-state index in [-0.39, 0.29) is 5.84 Å². The van der Waals surface area contributed by atoms with E-state index in [2.05, 4.69) is 31.0 Å². The number of fused-ring (bicyclic) bond motifs is 1. The largest absolute Gasteiger partial charge is 0.386 e. The van der Waals surface area contributed by atoms with E-state index in [1.807, 2.05) is 31.2 Å². The Morgan fingerprint density at radius 3 is 2.25 bits per heavy atom. The number of unbranched alkanes of at least 4 members (excludes halogenated alkanes) is 2. The summed E-state index contributed by atoms with van der Waals surface area (Å²) in [5.74, 6) is -1.84. The van der Waals surface area contributed by atoms with Gasteiger partial charge in [-0.05, 0) is 25.3 Å². The Balaban J connectivity index is 2.10. The molecule has 0 spiro atoms. The van der Waals surface area contributed by atoms with Gasteiger partial charge in [-0.25, -0.2) is 4.99 Å². The molecule has 2 aliphatic rings. The molecule has 3 rings (SSSR count). The molecular weight excluding hydrogens is 352 g/mol. The van der Waals surface area contributed by atoms with Crippen molar-refractivity contribution in [3.05, 3.63) is 35.4 Å². The normalized spacial score (nSPS) is 29.5. The Morgan fingerprint density at radius 2 is 1.75 bits per heavy atom. The van der Waals surface area contributed by atoms with Crippen molar-refractivity contribution in [2.75, 3.05) is 13.2 Å². The fourth-order valence-corrected chi connectivity index (χ4v) is 4.42. The highest BCUT2D eigenvalue weighted by molar-refractivity contribution is 6.00. The van der Waals surface area contributed by atoms with Gasteiger partial charge in [0.2, 0.25) is 0 Å². The van der Waals surface area contributed by atoms with E-state index < -0.39 is 22.7 Å². The van der Waals surface area contributed by atoms with Gasteiger partial charge in [0.25, 0.3) is 5.91 Å². The van der Waals surface area contributed by atoms with Crippen molar-refractivity contribution < 1.29 is 9.47 Å². The van der Waals surface area contributed by atoms with Gasteiger partial charge in [-0.3, -0.25) is 0 Å². The standard InChI is InChI=1S/C22H28N4O2/c1-4-6-11-27-22(28-12-7-5-2)21(15-24)18(17-10-8-9-16(3)13-17)20(21,14-23)19(25)26-22/h8-10,13,18H,4-7,11-12H2,1-3H3,(H2,25,26). The molecule has 3 unspecified atom stereocenters. The van der Waals surface area contributed by atoms with Gasteiger partial charge in [-0.15, -0.1) is 0 Å². The van der Waals surface area contributed by atoms with Crippen molar-refractivity contribution in [2.24, 2.45) is 21.6 Å². The van der Waals surface area contributed by atoms with Crippen LogP contribution in [-0.2, 0) is 9.47 Å². The zero-order valence-electron chi connectivity index (χ0n) is 16.9. The first-order chi connectivity index (χ1) is 13.5. The van der Waals surface area contributed by atoms with Crippen molar-refractivity contribution in [3.63, 3.8) is 0 Å². The number of ether oxygens (including phenoxy) is 2. The molecule has 0 aromatic heterocycles. The molecule has 1 aromatic rings. The maximum absolute atomic E-state index is 10.3. The zero-order valence-corrected chi connectivity index (χ0v) is 16.9. The van der Waals surface area contributed by atoms with Crippen LogP contribution in [-0.4, -0.2) is 25.0 Å². The number of hydrogen-bond acceptors (Lipinski definition) is 6. The molecule has 0 amide bonds. The van der Waals surface area contributed by atoms with Crippen molar-refractivity contribution in [3.8, 4) is 12.1 Å². The molecule has 0 radical (unpaired) electrons. The molecule has 3 atom stereocenters. The SMILES string of the molecule is CCCCOC1(OCCCC)N=C(N)C2(C#N)C(c3cccc(C)c3)C12C#N. The van der Waals surface area contributed by atoms with Gasteiger partial charge < -0.3 is 15.2 Å². The summed E-state index contributed by atoms with van der Waals surface area (Å²) in [6.45, 7) is 6.90. The molecule has 28 heavy (non-hydrogen) atoms. The first-order valence-corrected chi connectivity index (χ1v) is 10.0. The smallest absolute Gasteiger partial charge is 0.293 e. The van der Waals surface area contributed by atoms with Crippen molar-refractivity contribution in [2.45, 2.75) is 58.3 Å². The Labute approximate surface area is 167 Å². The van der Waals surface area contributed by atoms with Crippen LogP contribution in [0.25, 0.3) is 0 Å². The average molecular weight is 380 g/mol. The lowest BCUT2D eigenvalue weighted by molar-refractivity contribution is -0.260. The van der Waals surface area contributed by atoms with Crippen LogP contribution in [0.5, 0.6) is 0 Å². The summed E-state index contributed by atoms with van der Waals surface area (Å²) in [5, 5.41) is 20.5. The predicted octanol–water partition coefficient (Wildman–Crippen LogP) is 3.77. The molecule has 1 aliphatic carbocycles. The van der Waals surface area contributed by atoms with Gasteiger partial charge in [0, 0.05) is 5.92 Å². The van der Waals surface area contributed by atoms with Crippen LogP contribution in [0, 0.1) is 40.4 Å². The number of nitrogens with two attached hydrogens (primary N) is 1. The molecule has 1 aliphatic heterocycles. The third-order valence-corrected chi connectivity index (χ3v) is 5.89. The average Bonchev–Trinajstić information content (AvgIpc) is 3.27. The fraction of sp³-hybridized carbons (Fsp3) is 0.591. The minimum Gasteiger partial charge on any atom is -0.386 e. The molecule has 148 valence electrons. The number of amidine groups is 1. The van der Waals surface area contributed by atoms with Gasteiger partial charge in [0.15, 0.2) is 5.41 Å². The monoisotopic (exact) mass is 380 g/mol. The maximum Gasteiger partial charge on any atom is 0.293 e. The van der Waals surface area contributed by atoms with E-state index in [0.29, 0.717) is 13.2 Å². The van der Waals surface area contributed by atoms with Gasteiger partial charge in [0.1, 0.15) is 11.3 Å². The van der Waals surface area contributed by atoms with Crippen molar-refractivity contribution in [1.82, 2.24) is 0 Å². The molecule has 1 saturated carbocycles. The van der Waals surface area contributed by atoms with Gasteiger partial charge >= 0.3 is 0 Å². The summed E-state index contributed by atoms with van der Waals surface area (Å²) in [5.41, 5.74) is 5.73. The molecule has 1 fully saturated rings. The molecule has 0 bridgehead atoms. The number of hydrogen-bond donors (Lipinski definition) is 1. The minimum absolute atomic E-state index is 0.135. The summed E-state index contributed by atoms with van der Waals surface area (Å²) in [7, 11) is 0. The number of aryl methyl sites for hydroxylation is 1. The predicted molar refractivity (Wildman–Crippen MR) is 106 cm³/mol. The van der Waals surface area contributed by atoms with E-state index in [0.717, 1.165) is 36.8 Å². The van der Waals surface area contributed by atoms with Crippen molar-refractivity contribution in [1.29, 1.82) is 10.5 Å². The first-order valence-electron chi connectivity index (χ1n) is 10.0. The van der Waals surface area contributed by atoms with E-state index in [9.17, 15) is 10.5 Å². The second-order valence-electron chi connectivity index (χ2n) is 7.67. The second kappa shape index (κ2) is 7.54. The third-order valence-electron chi connectivity index (χ3n) is 5.89. The summed E-state index contributed by atoms with van der Waals surface area (Å²) in [6, 6.07) is 12.6. The molecule has 2 N–H and O–H groups in total. The summed E-state index contributed by atoms with van der Waals surface area (Å²) >= 11 is 0. The topological polar surface area (TPSA) is 104 Å². The lowest BCUT2D eigenvalue weighted by atomic mass is 9.93. The maximum atomic E-state index is 10.3. The number of rotatable bonds is 9. The molecule has 1 aromatic carbocycles. The Bertz CT molecular complexity index is 843. The van der Waals surface area contributed by atoms with E-state index in [1.54, 1.807) is 0 Å². The summed E-state index contributed by atoms with van der Waals surface area (Å²) in [6.07, 6.45) is 3.50. The van der Waals surface area contributed by atoms with E-state index >= 15 is 0 Å². The molecule has 0 saturated heterocycles. The van der Waals surface area contributed by atoms with Crippen LogP contribution < -0.4 is 5.73 Å². The van der Waals surface area contributed by atoms with E-state index in [1.165, 1.54) is 0 Å². The number of nitrogens with zero attached hydrogens (tertiary/aromatic N) is 3. The highest BCUT2D eigenvalue weighted by Crippen LogP contribution is 2.82. The Morgan fingerprint density at radius 1 is 1.11 bits per heavy atom. The van der Waals surface area contributed by atoms with Crippen LogP contribution >= 0.6 is 0 Å². The van der Waals surface area contributed by atoms with E-state index in [4.69, 9.17) is 15.2 Å². The third kappa shape index (κ3) is 2.56. The van der Waals surface area contributed by atoms with Gasteiger partial charge in [-0.1, -0.05) is 56.5 Å². The second-order valence-corrected chi connectivity index (χ2v) is 7.67. The summed E-state index contributed by atoms with van der Waals surface area (Å²) in [4.78, 5) is 4.48. The summed E-state index contributed by atoms with van der Waals surface area (Å²) < 4.78 is 12.3. The first kappa shape index (κ1) is 20.3. The lowest BCUT2D eigenvalue weighted by Crippen LogP contribution is -2.44. The molecule has 6 nitrogen and oxygen atoms in total. The Hall–Kier alpha value is -2.41. The Kier molecular flexibility index (Phi) is 5.48. The molecular formula is C22H28N4O2. The number of nitriles is 2. The fourth-order valence-electron chi connectivity index (χ4n) is 4.42. The quantitative estimate of drug-likeness (QED) is 0.519. The highest BCUT2D eigenvalue weighted by atomic mass is 16.7. The van der Waals surface area contributed by atoms with Crippen LogP contribution in [0.2, 0.25) is 0 Å². The minimum atomic E-state index is -1.54. The number of aliphatic imine (C=N–C) groups is 1. The van der Waals surface area contributed by atoms with Crippen LogP contribution in [0.1, 0.15) is 56.6 Å². The van der Waals surface area contributed by atoms with Crippen molar-refractivity contribution >= 4 is 5.84 Å². The van der Waals surface area contributed by atoms with Crippen LogP contribution in [0.15, 0.2) is 29.3 Å². The van der Waals surface area contributed by atoms with Crippen LogP contribution in [0.4, 0.5) is 0 Å². The zero-order chi connectivity index (χ0) is 20.4.